The number of urea groups is 1. The largest absolute Gasteiger partial charge is 0.383 e. The zero-order valence-electron chi connectivity index (χ0n) is 13.1. The highest BCUT2D eigenvalue weighted by atomic mass is 35.5. The summed E-state index contributed by atoms with van der Waals surface area (Å²) >= 11 is 6.14. The first-order valence-corrected chi connectivity index (χ1v) is 7.52. The van der Waals surface area contributed by atoms with Gasteiger partial charge in [-0.1, -0.05) is 35.4 Å². The molecule has 5 nitrogen and oxygen atoms in total. The second-order valence-electron chi connectivity index (χ2n) is 5.14. The molecule has 0 atom stereocenters. The number of hydrogen-bond donors (Lipinski definition) is 3. The Morgan fingerprint density at radius 3 is 2.57 bits per heavy atom. The highest BCUT2D eigenvalue weighted by Crippen LogP contribution is 2.18. The van der Waals surface area contributed by atoms with Crippen LogP contribution in [0.25, 0.3) is 0 Å². The molecule has 2 rings (SSSR count). The Morgan fingerprint density at radius 1 is 1.22 bits per heavy atom. The van der Waals surface area contributed by atoms with Crippen molar-refractivity contribution < 1.29 is 4.79 Å². The average Bonchev–Trinajstić information content (AvgIpc) is 2.51. The topological polar surface area (TPSA) is 79.5 Å². The number of aliphatic imine (C=N–C) groups is 1. The normalized spacial score (nSPS) is 11.3. The van der Waals surface area contributed by atoms with Crippen molar-refractivity contribution in [1.29, 1.82) is 0 Å². The van der Waals surface area contributed by atoms with E-state index in [4.69, 9.17) is 17.3 Å². The number of nitrogens with two attached hydrogens (primary N) is 1. The van der Waals surface area contributed by atoms with Crippen LogP contribution in [0.4, 0.5) is 10.5 Å². The first kappa shape index (κ1) is 17.0. The Labute approximate surface area is 140 Å². The number of nitrogens with zero attached hydrogens (tertiary/aromatic N) is 1. The molecule has 0 aliphatic heterocycles. The van der Waals surface area contributed by atoms with E-state index in [2.05, 4.69) is 15.6 Å². The maximum atomic E-state index is 12.0. The minimum absolute atomic E-state index is 0.0811. The molecule has 0 aliphatic carbocycles. The fourth-order valence-electron chi connectivity index (χ4n) is 2.04. The summed E-state index contributed by atoms with van der Waals surface area (Å²) in [6.07, 6.45) is 0. The van der Waals surface area contributed by atoms with Gasteiger partial charge in [-0.2, -0.15) is 4.99 Å². The van der Waals surface area contributed by atoms with E-state index >= 15 is 0 Å². The summed E-state index contributed by atoms with van der Waals surface area (Å²) in [5.41, 5.74) is 9.24. The van der Waals surface area contributed by atoms with E-state index in [0.717, 1.165) is 11.1 Å². The lowest BCUT2D eigenvalue weighted by Crippen LogP contribution is -2.19. The molecule has 2 aromatic rings. The Morgan fingerprint density at radius 2 is 1.91 bits per heavy atom. The van der Waals surface area contributed by atoms with E-state index < -0.39 is 6.03 Å². The zero-order valence-corrected chi connectivity index (χ0v) is 13.8. The average molecular weight is 331 g/mol. The van der Waals surface area contributed by atoms with E-state index in [1.807, 2.05) is 38.2 Å². The van der Waals surface area contributed by atoms with Crippen LogP contribution in [-0.4, -0.2) is 18.9 Å². The van der Waals surface area contributed by atoms with Crippen molar-refractivity contribution in [3.8, 4) is 0 Å². The molecule has 2 amide bonds. The van der Waals surface area contributed by atoms with Gasteiger partial charge in [-0.15, -0.1) is 0 Å². The molecule has 0 saturated carbocycles. The van der Waals surface area contributed by atoms with Gasteiger partial charge in [-0.25, -0.2) is 4.79 Å². The van der Waals surface area contributed by atoms with Gasteiger partial charge in [0.2, 0.25) is 0 Å². The second kappa shape index (κ2) is 7.76. The van der Waals surface area contributed by atoms with Crippen LogP contribution in [0, 0.1) is 6.92 Å². The third kappa shape index (κ3) is 4.81. The SMILES string of the molecule is CNCc1ccc(Cl)c(/C(N)=N/C(=O)Nc2ccc(C)cc2)c1. The summed E-state index contributed by atoms with van der Waals surface area (Å²) in [5, 5.41) is 6.16. The fraction of sp³-hybridized carbons (Fsp3) is 0.176. The maximum absolute atomic E-state index is 12.0. The first-order chi connectivity index (χ1) is 11.0. The summed E-state index contributed by atoms with van der Waals surface area (Å²) in [6.45, 7) is 2.65. The zero-order chi connectivity index (χ0) is 16.8. The van der Waals surface area contributed by atoms with Gasteiger partial charge >= 0.3 is 6.03 Å². The number of halogens is 1. The van der Waals surface area contributed by atoms with E-state index in [1.165, 1.54) is 0 Å². The molecule has 0 aliphatic rings. The van der Waals surface area contributed by atoms with Crippen LogP contribution in [0.1, 0.15) is 16.7 Å². The van der Waals surface area contributed by atoms with Crippen molar-refractivity contribution in [2.45, 2.75) is 13.5 Å². The molecule has 6 heteroatoms. The number of rotatable bonds is 4. The van der Waals surface area contributed by atoms with Gasteiger partial charge in [0.1, 0.15) is 5.84 Å². The Hall–Kier alpha value is -2.37. The molecule has 120 valence electrons. The van der Waals surface area contributed by atoms with E-state index in [0.29, 0.717) is 22.8 Å². The monoisotopic (exact) mass is 330 g/mol. The number of aryl methyl sites for hydroxylation is 1. The number of nitrogens with one attached hydrogen (secondary N) is 2. The molecule has 0 heterocycles. The number of carbonyl (C=O) groups excluding carboxylic acids is 1. The van der Waals surface area contributed by atoms with Gasteiger partial charge in [0.15, 0.2) is 0 Å². The van der Waals surface area contributed by atoms with Gasteiger partial charge in [0.05, 0.1) is 5.02 Å². The standard InChI is InChI=1S/C17H19ClN4O/c1-11-3-6-13(7-4-11)21-17(23)22-16(19)14-9-12(10-20-2)5-8-15(14)18/h3-9,20H,10H2,1-2H3,(H3,19,21,22,23). The Balaban J connectivity index is 2.16. The van der Waals surface area contributed by atoms with Gasteiger partial charge in [-0.05, 0) is 43.8 Å². The van der Waals surface area contributed by atoms with Crippen molar-refractivity contribution >= 4 is 29.2 Å². The number of benzene rings is 2. The predicted molar refractivity (Wildman–Crippen MR) is 95.1 cm³/mol. The maximum Gasteiger partial charge on any atom is 0.347 e. The second-order valence-corrected chi connectivity index (χ2v) is 5.54. The van der Waals surface area contributed by atoms with Crippen molar-refractivity contribution in [3.05, 3.63) is 64.2 Å². The van der Waals surface area contributed by atoms with E-state index in [-0.39, 0.29) is 5.84 Å². The summed E-state index contributed by atoms with van der Waals surface area (Å²) in [4.78, 5) is 15.8. The molecule has 0 radical (unpaired) electrons. The number of hydrogen-bond acceptors (Lipinski definition) is 2. The summed E-state index contributed by atoms with van der Waals surface area (Å²) < 4.78 is 0. The number of carbonyl (C=O) groups is 1. The highest BCUT2D eigenvalue weighted by molar-refractivity contribution is 6.34. The van der Waals surface area contributed by atoms with Gasteiger partial charge in [-0.3, -0.25) is 0 Å². The third-order valence-electron chi connectivity index (χ3n) is 3.21. The molecule has 0 unspecified atom stereocenters. The number of anilines is 1. The lowest BCUT2D eigenvalue weighted by Gasteiger charge is -2.08. The molecule has 0 fully saturated rings. The van der Waals surface area contributed by atoms with Gasteiger partial charge < -0.3 is 16.4 Å². The Kier molecular flexibility index (Phi) is 5.73. The van der Waals surface area contributed by atoms with E-state index in [1.54, 1.807) is 18.2 Å². The fourth-order valence-corrected chi connectivity index (χ4v) is 2.26. The lowest BCUT2D eigenvalue weighted by molar-refractivity contribution is 0.259. The molecule has 0 saturated heterocycles. The smallest absolute Gasteiger partial charge is 0.347 e. The van der Waals surface area contributed by atoms with Crippen molar-refractivity contribution in [2.75, 3.05) is 12.4 Å². The van der Waals surface area contributed by atoms with Crippen molar-refractivity contribution in [3.63, 3.8) is 0 Å². The van der Waals surface area contributed by atoms with Crippen LogP contribution in [0.3, 0.4) is 0 Å². The number of amides is 2. The van der Waals surface area contributed by atoms with Crippen LogP contribution in [-0.2, 0) is 6.54 Å². The van der Waals surface area contributed by atoms with Gasteiger partial charge in [0.25, 0.3) is 0 Å². The first-order valence-electron chi connectivity index (χ1n) is 7.15. The van der Waals surface area contributed by atoms with Crippen molar-refractivity contribution in [1.82, 2.24) is 5.32 Å². The predicted octanol–water partition coefficient (Wildman–Crippen LogP) is 3.31. The van der Waals surface area contributed by atoms with E-state index in [9.17, 15) is 4.79 Å². The summed E-state index contributed by atoms with van der Waals surface area (Å²) in [7, 11) is 1.85. The van der Waals surface area contributed by atoms with Crippen molar-refractivity contribution in [2.24, 2.45) is 10.7 Å². The summed E-state index contributed by atoms with van der Waals surface area (Å²) in [5.74, 6) is 0.0811. The minimum Gasteiger partial charge on any atom is -0.383 e. The highest BCUT2D eigenvalue weighted by Gasteiger charge is 2.09. The summed E-state index contributed by atoms with van der Waals surface area (Å²) in [6, 6.07) is 12.3. The van der Waals surface area contributed by atoms with Crippen LogP contribution >= 0.6 is 11.6 Å². The minimum atomic E-state index is -0.540. The van der Waals surface area contributed by atoms with Crippen LogP contribution in [0.2, 0.25) is 5.02 Å². The molecular formula is C17H19ClN4O. The Bertz CT molecular complexity index is 726. The molecule has 23 heavy (non-hydrogen) atoms. The lowest BCUT2D eigenvalue weighted by atomic mass is 10.1. The molecule has 0 aromatic heterocycles. The molecule has 0 bridgehead atoms. The molecule has 2 aromatic carbocycles. The number of amidine groups is 1. The third-order valence-corrected chi connectivity index (χ3v) is 3.54. The van der Waals surface area contributed by atoms with Crippen LogP contribution in [0.15, 0.2) is 47.5 Å². The quantitative estimate of drug-likeness (QED) is 0.594. The van der Waals surface area contributed by atoms with Crippen LogP contribution < -0.4 is 16.4 Å². The van der Waals surface area contributed by atoms with Crippen LogP contribution in [0.5, 0.6) is 0 Å². The molecular weight excluding hydrogens is 312 g/mol. The molecule has 4 N–H and O–H groups in total. The van der Waals surface area contributed by atoms with Gasteiger partial charge in [0, 0.05) is 17.8 Å². The molecule has 0 spiro atoms.